The Bertz CT molecular complexity index is 525. The topological polar surface area (TPSA) is 29.5 Å². The van der Waals surface area contributed by atoms with Crippen molar-refractivity contribution in [1.29, 1.82) is 0 Å². The molecule has 0 N–H and O–H groups in total. The Morgan fingerprint density at radius 1 is 1.21 bits per heavy atom. The highest BCUT2D eigenvalue weighted by Crippen LogP contribution is 2.58. The number of cyclic esters (lactones) is 1. The molecule has 3 aliphatic rings. The summed E-state index contributed by atoms with van der Waals surface area (Å²) in [4.78, 5) is 13.9. The second-order valence-corrected chi connectivity index (χ2v) is 6.65. The minimum absolute atomic E-state index is 0.115. The normalized spacial score (nSPS) is 38.4. The molecular weight excluding hydrogens is 238 g/mol. The van der Waals surface area contributed by atoms with Crippen molar-refractivity contribution < 1.29 is 9.53 Å². The van der Waals surface area contributed by atoms with E-state index in [0.717, 1.165) is 6.54 Å². The van der Waals surface area contributed by atoms with E-state index in [0.29, 0.717) is 17.8 Å². The van der Waals surface area contributed by atoms with Crippen molar-refractivity contribution in [3.8, 4) is 0 Å². The summed E-state index contributed by atoms with van der Waals surface area (Å²) in [6.45, 7) is 4.97. The molecule has 1 amide bonds. The molecule has 0 radical (unpaired) electrons. The molecule has 0 aromatic heterocycles. The van der Waals surface area contributed by atoms with E-state index < -0.39 is 0 Å². The van der Waals surface area contributed by atoms with E-state index in [9.17, 15) is 4.79 Å². The highest BCUT2D eigenvalue weighted by atomic mass is 16.6. The molecule has 19 heavy (non-hydrogen) atoms. The van der Waals surface area contributed by atoms with Crippen LogP contribution >= 0.6 is 0 Å². The van der Waals surface area contributed by atoms with Crippen molar-refractivity contribution >= 4 is 6.09 Å². The fourth-order valence-corrected chi connectivity index (χ4v) is 4.45. The van der Waals surface area contributed by atoms with Crippen LogP contribution in [0.1, 0.15) is 31.7 Å². The van der Waals surface area contributed by atoms with Crippen molar-refractivity contribution in [3.63, 3.8) is 0 Å². The number of amides is 1. The van der Waals surface area contributed by atoms with E-state index in [1.54, 1.807) is 0 Å². The molecule has 1 aliphatic carbocycles. The Balaban J connectivity index is 1.61. The van der Waals surface area contributed by atoms with Gasteiger partial charge in [0.1, 0.15) is 5.60 Å². The van der Waals surface area contributed by atoms with Crippen molar-refractivity contribution in [1.82, 2.24) is 4.90 Å². The molecule has 2 heterocycles. The van der Waals surface area contributed by atoms with Gasteiger partial charge in [-0.2, -0.15) is 0 Å². The number of hydrogen-bond donors (Lipinski definition) is 0. The number of carbonyl (C=O) groups excluding carboxylic acids is 1. The molecule has 2 aliphatic heterocycles. The van der Waals surface area contributed by atoms with E-state index in [2.05, 4.69) is 30.3 Å². The second-order valence-electron chi connectivity index (χ2n) is 6.65. The number of benzene rings is 1. The molecule has 4 rings (SSSR count). The van der Waals surface area contributed by atoms with Crippen molar-refractivity contribution in [2.75, 3.05) is 6.54 Å². The number of fused-ring (bicyclic) bond motifs is 3. The summed E-state index contributed by atoms with van der Waals surface area (Å²) >= 11 is 0. The molecule has 0 bridgehead atoms. The zero-order valence-electron chi connectivity index (χ0n) is 11.4. The molecule has 3 nitrogen and oxygen atoms in total. The Morgan fingerprint density at radius 3 is 2.68 bits per heavy atom. The lowest BCUT2D eigenvalue weighted by atomic mass is 9.60. The monoisotopic (exact) mass is 257 g/mol. The summed E-state index contributed by atoms with van der Waals surface area (Å²) in [5.41, 5.74) is 1.11. The van der Waals surface area contributed by atoms with Crippen molar-refractivity contribution in [3.05, 3.63) is 35.9 Å². The average Bonchev–Trinajstić information content (AvgIpc) is 2.75. The summed E-state index contributed by atoms with van der Waals surface area (Å²) in [6.07, 6.45) is 1.08. The standard InChI is InChI=1S/C16H19NO2/c1-16(2)14-12-8-11(10-6-4-3-5-7-10)13(12)9-17(14)15(18)19-16/h3-7,11-14H,8-9H2,1-2H3/t11-,12+,13-,14+/m1/s1. The maximum absolute atomic E-state index is 11.9. The van der Waals surface area contributed by atoms with Crippen LogP contribution in [0.4, 0.5) is 4.79 Å². The number of ether oxygens (including phenoxy) is 1. The molecule has 2 saturated heterocycles. The van der Waals surface area contributed by atoms with Gasteiger partial charge < -0.3 is 9.64 Å². The second kappa shape index (κ2) is 3.53. The van der Waals surface area contributed by atoms with Gasteiger partial charge in [0.25, 0.3) is 0 Å². The lowest BCUT2D eigenvalue weighted by Gasteiger charge is -2.44. The lowest BCUT2D eigenvalue weighted by molar-refractivity contribution is 0.0258. The highest BCUT2D eigenvalue weighted by Gasteiger charge is 2.63. The maximum Gasteiger partial charge on any atom is 0.410 e. The molecule has 0 spiro atoms. The van der Waals surface area contributed by atoms with Crippen LogP contribution in [-0.2, 0) is 4.74 Å². The Kier molecular flexibility index (Phi) is 2.10. The third kappa shape index (κ3) is 1.41. The molecule has 100 valence electrons. The van der Waals surface area contributed by atoms with E-state index in [-0.39, 0.29) is 17.7 Å². The quantitative estimate of drug-likeness (QED) is 0.774. The predicted octanol–water partition coefficient (Wildman–Crippen LogP) is 3.02. The summed E-state index contributed by atoms with van der Waals surface area (Å²) in [6, 6.07) is 11.0. The molecule has 0 unspecified atom stereocenters. The van der Waals surface area contributed by atoms with E-state index in [1.807, 2.05) is 18.7 Å². The molecule has 1 saturated carbocycles. The smallest absolute Gasteiger partial charge is 0.410 e. The first kappa shape index (κ1) is 11.3. The zero-order chi connectivity index (χ0) is 13.2. The summed E-state index contributed by atoms with van der Waals surface area (Å²) in [7, 11) is 0. The molecule has 3 heteroatoms. The van der Waals surface area contributed by atoms with Gasteiger partial charge in [-0.05, 0) is 43.6 Å². The van der Waals surface area contributed by atoms with Crippen LogP contribution in [0.3, 0.4) is 0 Å². The molecule has 1 aromatic rings. The van der Waals surface area contributed by atoms with Crippen LogP contribution in [0, 0.1) is 11.8 Å². The third-order valence-corrected chi connectivity index (χ3v) is 5.27. The average molecular weight is 257 g/mol. The highest BCUT2D eigenvalue weighted by molar-refractivity contribution is 5.72. The van der Waals surface area contributed by atoms with Gasteiger partial charge in [-0.25, -0.2) is 4.79 Å². The summed E-state index contributed by atoms with van der Waals surface area (Å²) in [5, 5.41) is 0. The van der Waals surface area contributed by atoms with E-state index in [1.165, 1.54) is 12.0 Å². The van der Waals surface area contributed by atoms with Crippen molar-refractivity contribution in [2.45, 2.75) is 37.8 Å². The SMILES string of the molecule is CC1(C)OC(=O)N2C[C@H]3[C@H](C[C@@H]3c3ccccc3)[C@H]21. The van der Waals surface area contributed by atoms with Crippen LogP contribution in [-0.4, -0.2) is 29.2 Å². The van der Waals surface area contributed by atoms with Gasteiger partial charge in [0.15, 0.2) is 0 Å². The Labute approximate surface area is 113 Å². The first-order valence-corrected chi connectivity index (χ1v) is 7.12. The first-order valence-electron chi connectivity index (χ1n) is 7.12. The Hall–Kier alpha value is -1.51. The minimum atomic E-state index is -0.321. The summed E-state index contributed by atoms with van der Waals surface area (Å²) < 4.78 is 5.50. The van der Waals surface area contributed by atoms with Gasteiger partial charge in [0.2, 0.25) is 0 Å². The fourth-order valence-electron chi connectivity index (χ4n) is 4.45. The minimum Gasteiger partial charge on any atom is -0.441 e. The van der Waals surface area contributed by atoms with Crippen LogP contribution in [0.15, 0.2) is 30.3 Å². The van der Waals surface area contributed by atoms with Gasteiger partial charge >= 0.3 is 6.09 Å². The molecule has 3 fully saturated rings. The maximum atomic E-state index is 11.9. The van der Waals surface area contributed by atoms with Crippen molar-refractivity contribution in [2.24, 2.45) is 11.8 Å². The number of carbonyl (C=O) groups is 1. The predicted molar refractivity (Wildman–Crippen MR) is 71.8 cm³/mol. The van der Waals surface area contributed by atoms with Gasteiger partial charge in [-0.15, -0.1) is 0 Å². The molecular formula is C16H19NO2. The lowest BCUT2D eigenvalue weighted by Crippen LogP contribution is -2.46. The van der Waals surface area contributed by atoms with Crippen LogP contribution in [0.5, 0.6) is 0 Å². The molecule has 4 atom stereocenters. The van der Waals surface area contributed by atoms with Crippen LogP contribution in [0.2, 0.25) is 0 Å². The number of rotatable bonds is 1. The number of nitrogens with zero attached hydrogens (tertiary/aromatic N) is 1. The third-order valence-electron chi connectivity index (χ3n) is 5.27. The summed E-state index contributed by atoms with van der Waals surface area (Å²) in [5.74, 6) is 1.87. The fraction of sp³-hybridized carbons (Fsp3) is 0.562. The Morgan fingerprint density at radius 2 is 1.95 bits per heavy atom. The van der Waals surface area contributed by atoms with Gasteiger partial charge in [0, 0.05) is 6.54 Å². The van der Waals surface area contributed by atoms with E-state index >= 15 is 0 Å². The van der Waals surface area contributed by atoms with Gasteiger partial charge in [0.05, 0.1) is 6.04 Å². The van der Waals surface area contributed by atoms with Crippen LogP contribution < -0.4 is 0 Å². The van der Waals surface area contributed by atoms with E-state index in [4.69, 9.17) is 4.74 Å². The zero-order valence-corrected chi connectivity index (χ0v) is 11.4. The molecule has 1 aromatic carbocycles. The van der Waals surface area contributed by atoms with Gasteiger partial charge in [-0.1, -0.05) is 30.3 Å². The number of hydrogen-bond acceptors (Lipinski definition) is 2. The first-order chi connectivity index (χ1) is 9.08. The van der Waals surface area contributed by atoms with Crippen LogP contribution in [0.25, 0.3) is 0 Å². The van der Waals surface area contributed by atoms with Gasteiger partial charge in [-0.3, -0.25) is 0 Å². The largest absolute Gasteiger partial charge is 0.441 e.